The molecule has 2 N–H and O–H groups in total. The van der Waals surface area contributed by atoms with Crippen LogP contribution in [0.2, 0.25) is 0 Å². The SMILES string of the molecule is CC[C@@H](CO)NC(=O)c1cc(C)oc1C. The summed E-state index contributed by atoms with van der Waals surface area (Å²) < 4.78 is 5.26. The van der Waals surface area contributed by atoms with Gasteiger partial charge in [-0.1, -0.05) is 6.92 Å². The van der Waals surface area contributed by atoms with Gasteiger partial charge < -0.3 is 14.8 Å². The Kier molecular flexibility index (Phi) is 3.91. The highest BCUT2D eigenvalue weighted by Gasteiger charge is 2.16. The summed E-state index contributed by atoms with van der Waals surface area (Å²) >= 11 is 0. The quantitative estimate of drug-likeness (QED) is 0.791. The van der Waals surface area contributed by atoms with Gasteiger partial charge in [-0.15, -0.1) is 0 Å². The molecule has 0 fully saturated rings. The van der Waals surface area contributed by atoms with Gasteiger partial charge in [0.15, 0.2) is 0 Å². The average Bonchev–Trinajstić information content (AvgIpc) is 2.54. The van der Waals surface area contributed by atoms with E-state index in [2.05, 4.69) is 5.32 Å². The molecular formula is C11H17NO3. The lowest BCUT2D eigenvalue weighted by molar-refractivity contribution is 0.0913. The summed E-state index contributed by atoms with van der Waals surface area (Å²) in [7, 11) is 0. The number of carbonyl (C=O) groups excluding carboxylic acids is 1. The summed E-state index contributed by atoms with van der Waals surface area (Å²) in [5.41, 5.74) is 0.541. The van der Waals surface area contributed by atoms with Crippen LogP contribution in [-0.4, -0.2) is 23.7 Å². The molecule has 4 heteroatoms. The third-order valence-corrected chi connectivity index (χ3v) is 2.33. The average molecular weight is 211 g/mol. The van der Waals surface area contributed by atoms with Crippen LogP contribution in [0.3, 0.4) is 0 Å². The Morgan fingerprint density at radius 2 is 2.27 bits per heavy atom. The first-order valence-corrected chi connectivity index (χ1v) is 5.07. The molecule has 1 aromatic heterocycles. The van der Waals surface area contributed by atoms with E-state index in [1.54, 1.807) is 19.9 Å². The third kappa shape index (κ3) is 2.83. The van der Waals surface area contributed by atoms with Crippen LogP contribution in [-0.2, 0) is 0 Å². The van der Waals surface area contributed by atoms with Gasteiger partial charge in [-0.25, -0.2) is 0 Å². The van der Waals surface area contributed by atoms with Crippen molar-refractivity contribution in [1.29, 1.82) is 0 Å². The van der Waals surface area contributed by atoms with Crippen molar-refractivity contribution in [3.8, 4) is 0 Å². The lowest BCUT2D eigenvalue weighted by Crippen LogP contribution is -2.37. The minimum atomic E-state index is -0.190. The topological polar surface area (TPSA) is 62.5 Å². The van der Waals surface area contributed by atoms with Crippen molar-refractivity contribution >= 4 is 5.91 Å². The van der Waals surface area contributed by atoms with E-state index in [0.717, 1.165) is 5.76 Å². The summed E-state index contributed by atoms with van der Waals surface area (Å²) in [6.07, 6.45) is 0.706. The second-order valence-corrected chi connectivity index (χ2v) is 3.59. The van der Waals surface area contributed by atoms with Crippen molar-refractivity contribution < 1.29 is 14.3 Å². The predicted molar refractivity (Wildman–Crippen MR) is 56.8 cm³/mol. The van der Waals surface area contributed by atoms with Gasteiger partial charge >= 0.3 is 0 Å². The second kappa shape index (κ2) is 4.98. The third-order valence-electron chi connectivity index (χ3n) is 2.33. The Bertz CT molecular complexity index is 340. The number of amides is 1. The van der Waals surface area contributed by atoms with Crippen LogP contribution in [0.4, 0.5) is 0 Å². The number of rotatable bonds is 4. The number of hydrogen-bond donors (Lipinski definition) is 2. The fourth-order valence-corrected chi connectivity index (χ4v) is 1.40. The summed E-state index contributed by atoms with van der Waals surface area (Å²) in [5, 5.41) is 11.7. The van der Waals surface area contributed by atoms with E-state index in [1.807, 2.05) is 6.92 Å². The summed E-state index contributed by atoms with van der Waals surface area (Å²) in [6.45, 7) is 5.42. The van der Waals surface area contributed by atoms with E-state index in [0.29, 0.717) is 17.7 Å². The Balaban J connectivity index is 2.72. The molecule has 0 saturated heterocycles. The number of carbonyl (C=O) groups is 1. The standard InChI is InChI=1S/C11H17NO3/c1-4-9(6-13)12-11(14)10-5-7(2)15-8(10)3/h5,9,13H,4,6H2,1-3H3,(H,12,14)/t9-/m0/s1. The maximum Gasteiger partial charge on any atom is 0.255 e. The van der Waals surface area contributed by atoms with E-state index in [1.165, 1.54) is 0 Å². The summed E-state index contributed by atoms with van der Waals surface area (Å²) in [6, 6.07) is 1.52. The number of furan rings is 1. The zero-order valence-electron chi connectivity index (χ0n) is 9.33. The molecule has 4 nitrogen and oxygen atoms in total. The molecule has 15 heavy (non-hydrogen) atoms. The zero-order chi connectivity index (χ0) is 11.4. The van der Waals surface area contributed by atoms with Crippen LogP contribution in [0, 0.1) is 13.8 Å². The number of aliphatic hydroxyl groups is 1. The van der Waals surface area contributed by atoms with Gasteiger partial charge in [0, 0.05) is 0 Å². The molecule has 0 aromatic carbocycles. The van der Waals surface area contributed by atoms with E-state index < -0.39 is 0 Å². The van der Waals surface area contributed by atoms with Gasteiger partial charge in [-0.3, -0.25) is 4.79 Å². The van der Waals surface area contributed by atoms with Crippen molar-refractivity contribution in [3.63, 3.8) is 0 Å². The van der Waals surface area contributed by atoms with Crippen molar-refractivity contribution in [2.24, 2.45) is 0 Å². The van der Waals surface area contributed by atoms with Gasteiger partial charge in [0.2, 0.25) is 0 Å². The van der Waals surface area contributed by atoms with E-state index in [4.69, 9.17) is 9.52 Å². The highest BCUT2D eigenvalue weighted by atomic mass is 16.3. The van der Waals surface area contributed by atoms with E-state index in [9.17, 15) is 4.79 Å². The maximum absolute atomic E-state index is 11.7. The van der Waals surface area contributed by atoms with Crippen molar-refractivity contribution in [2.75, 3.05) is 6.61 Å². The van der Waals surface area contributed by atoms with E-state index >= 15 is 0 Å². The fourth-order valence-electron chi connectivity index (χ4n) is 1.40. The highest BCUT2D eigenvalue weighted by Crippen LogP contribution is 2.13. The molecule has 0 radical (unpaired) electrons. The molecule has 0 aliphatic heterocycles. The zero-order valence-corrected chi connectivity index (χ0v) is 9.33. The van der Waals surface area contributed by atoms with Crippen molar-refractivity contribution in [1.82, 2.24) is 5.32 Å². The number of nitrogens with one attached hydrogen (secondary N) is 1. The molecule has 1 heterocycles. The minimum absolute atomic E-state index is 0.0435. The smallest absolute Gasteiger partial charge is 0.255 e. The molecular weight excluding hydrogens is 194 g/mol. The molecule has 1 atom stereocenters. The Morgan fingerprint density at radius 1 is 1.60 bits per heavy atom. The van der Waals surface area contributed by atoms with Crippen LogP contribution < -0.4 is 5.32 Å². The van der Waals surface area contributed by atoms with E-state index in [-0.39, 0.29) is 18.6 Å². The molecule has 0 spiro atoms. The molecule has 0 aliphatic rings. The highest BCUT2D eigenvalue weighted by molar-refractivity contribution is 5.95. The molecule has 84 valence electrons. The molecule has 1 amide bonds. The van der Waals surface area contributed by atoms with Gasteiger partial charge in [0.05, 0.1) is 18.2 Å². The monoisotopic (exact) mass is 211 g/mol. The lowest BCUT2D eigenvalue weighted by atomic mass is 10.2. The largest absolute Gasteiger partial charge is 0.466 e. The number of aryl methyl sites for hydroxylation is 2. The Morgan fingerprint density at radius 3 is 2.67 bits per heavy atom. The van der Waals surface area contributed by atoms with Crippen molar-refractivity contribution in [3.05, 3.63) is 23.2 Å². The minimum Gasteiger partial charge on any atom is -0.466 e. The first-order valence-electron chi connectivity index (χ1n) is 5.07. The summed E-state index contributed by atoms with van der Waals surface area (Å²) in [4.78, 5) is 11.7. The first-order chi connectivity index (χ1) is 7.08. The van der Waals surface area contributed by atoms with Gasteiger partial charge in [0.25, 0.3) is 5.91 Å². The Labute approximate surface area is 89.3 Å². The van der Waals surface area contributed by atoms with Crippen LogP contribution >= 0.6 is 0 Å². The number of aliphatic hydroxyl groups excluding tert-OH is 1. The molecule has 1 rings (SSSR count). The number of hydrogen-bond acceptors (Lipinski definition) is 3. The van der Waals surface area contributed by atoms with Crippen LogP contribution in [0.5, 0.6) is 0 Å². The van der Waals surface area contributed by atoms with Crippen LogP contribution in [0.15, 0.2) is 10.5 Å². The van der Waals surface area contributed by atoms with Crippen LogP contribution in [0.1, 0.15) is 35.2 Å². The molecule has 1 aromatic rings. The molecule has 0 unspecified atom stereocenters. The van der Waals surface area contributed by atoms with Gasteiger partial charge in [-0.05, 0) is 26.3 Å². The fraction of sp³-hybridized carbons (Fsp3) is 0.545. The van der Waals surface area contributed by atoms with Gasteiger partial charge in [-0.2, -0.15) is 0 Å². The first kappa shape index (κ1) is 11.8. The summed E-state index contributed by atoms with van der Waals surface area (Å²) in [5.74, 6) is 1.14. The Hall–Kier alpha value is -1.29. The second-order valence-electron chi connectivity index (χ2n) is 3.59. The van der Waals surface area contributed by atoms with Crippen molar-refractivity contribution in [2.45, 2.75) is 33.2 Å². The molecule has 0 aliphatic carbocycles. The van der Waals surface area contributed by atoms with Gasteiger partial charge in [0.1, 0.15) is 11.5 Å². The maximum atomic E-state index is 11.7. The lowest BCUT2D eigenvalue weighted by Gasteiger charge is -2.13. The molecule has 0 saturated carbocycles. The molecule has 0 bridgehead atoms. The normalized spacial score (nSPS) is 12.5. The predicted octanol–water partition coefficient (Wildman–Crippen LogP) is 1.40. The van der Waals surface area contributed by atoms with Crippen LogP contribution in [0.25, 0.3) is 0 Å².